The molecule has 3 heterocycles. The molecule has 0 fully saturated rings. The summed E-state index contributed by atoms with van der Waals surface area (Å²) >= 11 is 0. The molecule has 0 atom stereocenters. The summed E-state index contributed by atoms with van der Waals surface area (Å²) in [5.74, 6) is 0.858. The Morgan fingerprint density at radius 3 is 3.05 bits per heavy atom. The number of rotatable bonds is 1. The first-order chi connectivity index (χ1) is 10.2. The van der Waals surface area contributed by atoms with Crippen LogP contribution >= 0.6 is 0 Å². The number of imidazole rings is 1. The van der Waals surface area contributed by atoms with Gasteiger partial charge in [-0.05, 0) is 31.2 Å². The smallest absolute Gasteiger partial charge is 0.253 e. The van der Waals surface area contributed by atoms with Crippen molar-refractivity contribution in [2.75, 3.05) is 6.54 Å². The molecule has 0 bridgehead atoms. The number of nitrogens with zero attached hydrogens (tertiary/aromatic N) is 3. The summed E-state index contributed by atoms with van der Waals surface area (Å²) in [5.41, 5.74) is 4.44. The largest absolute Gasteiger partial charge is 0.350 e. The van der Waals surface area contributed by atoms with E-state index in [9.17, 15) is 4.79 Å². The normalized spacial score (nSPS) is 14.0. The summed E-state index contributed by atoms with van der Waals surface area (Å²) in [6.45, 7) is 3.29. The summed E-state index contributed by atoms with van der Waals surface area (Å²) in [7, 11) is 0. The SMILES string of the molecule is Cc1cc(-c2nc3cccc4c3n2CCNC4=O)ccn1. The van der Waals surface area contributed by atoms with E-state index in [2.05, 4.69) is 14.9 Å². The van der Waals surface area contributed by atoms with Gasteiger partial charge < -0.3 is 9.88 Å². The van der Waals surface area contributed by atoms with Crippen LogP contribution in [0.4, 0.5) is 0 Å². The van der Waals surface area contributed by atoms with E-state index in [0.29, 0.717) is 12.1 Å². The lowest BCUT2D eigenvalue weighted by Crippen LogP contribution is -2.24. The Bertz CT molecular complexity index is 866. The fourth-order valence-corrected chi connectivity index (χ4v) is 2.87. The Hall–Kier alpha value is -2.69. The van der Waals surface area contributed by atoms with E-state index in [4.69, 9.17) is 4.98 Å². The molecule has 1 aromatic carbocycles. The van der Waals surface area contributed by atoms with Crippen LogP contribution in [-0.4, -0.2) is 27.0 Å². The predicted octanol–water partition coefficient (Wildman–Crippen LogP) is 2.15. The molecule has 2 aromatic heterocycles. The second-order valence-electron chi connectivity index (χ2n) is 5.20. The fourth-order valence-electron chi connectivity index (χ4n) is 2.87. The maximum Gasteiger partial charge on any atom is 0.253 e. The fraction of sp³-hybridized carbons (Fsp3) is 0.188. The molecule has 104 valence electrons. The van der Waals surface area contributed by atoms with E-state index in [-0.39, 0.29) is 5.91 Å². The predicted molar refractivity (Wildman–Crippen MR) is 80.0 cm³/mol. The Kier molecular flexibility index (Phi) is 2.54. The molecule has 0 spiro atoms. The maximum absolute atomic E-state index is 12.1. The second kappa shape index (κ2) is 4.41. The van der Waals surface area contributed by atoms with E-state index in [1.807, 2.05) is 37.3 Å². The molecule has 21 heavy (non-hydrogen) atoms. The Labute approximate surface area is 121 Å². The van der Waals surface area contributed by atoms with Crippen LogP contribution in [0.5, 0.6) is 0 Å². The van der Waals surface area contributed by atoms with Crippen molar-refractivity contribution in [3.63, 3.8) is 0 Å². The van der Waals surface area contributed by atoms with Gasteiger partial charge in [0.15, 0.2) is 0 Å². The summed E-state index contributed by atoms with van der Waals surface area (Å²) in [4.78, 5) is 21.1. The molecule has 4 rings (SSSR count). The number of para-hydroxylation sites is 1. The number of carbonyl (C=O) groups is 1. The van der Waals surface area contributed by atoms with Crippen molar-refractivity contribution < 1.29 is 4.79 Å². The minimum absolute atomic E-state index is 0.0308. The molecule has 1 amide bonds. The monoisotopic (exact) mass is 278 g/mol. The number of pyridine rings is 1. The van der Waals surface area contributed by atoms with Gasteiger partial charge in [-0.2, -0.15) is 0 Å². The highest BCUT2D eigenvalue weighted by atomic mass is 16.1. The lowest BCUT2D eigenvalue weighted by atomic mass is 10.1. The molecule has 0 saturated carbocycles. The van der Waals surface area contributed by atoms with Crippen LogP contribution < -0.4 is 5.32 Å². The molecular weight excluding hydrogens is 264 g/mol. The minimum Gasteiger partial charge on any atom is -0.350 e. The molecule has 5 heteroatoms. The molecule has 0 radical (unpaired) electrons. The van der Waals surface area contributed by atoms with Gasteiger partial charge in [0, 0.05) is 30.5 Å². The number of aryl methyl sites for hydroxylation is 1. The second-order valence-corrected chi connectivity index (χ2v) is 5.20. The molecule has 5 nitrogen and oxygen atoms in total. The van der Waals surface area contributed by atoms with Gasteiger partial charge in [0.25, 0.3) is 5.91 Å². The van der Waals surface area contributed by atoms with Crippen LogP contribution in [0.3, 0.4) is 0 Å². The van der Waals surface area contributed by atoms with Crippen LogP contribution in [0.1, 0.15) is 16.1 Å². The highest BCUT2D eigenvalue weighted by Gasteiger charge is 2.21. The Morgan fingerprint density at radius 1 is 1.29 bits per heavy atom. The van der Waals surface area contributed by atoms with Gasteiger partial charge >= 0.3 is 0 Å². The number of amides is 1. The van der Waals surface area contributed by atoms with Gasteiger partial charge in [-0.25, -0.2) is 4.98 Å². The highest BCUT2D eigenvalue weighted by molar-refractivity contribution is 6.06. The van der Waals surface area contributed by atoms with Gasteiger partial charge in [0.1, 0.15) is 5.82 Å². The number of benzene rings is 1. The van der Waals surface area contributed by atoms with Crippen molar-refractivity contribution >= 4 is 16.9 Å². The van der Waals surface area contributed by atoms with Gasteiger partial charge in [-0.3, -0.25) is 9.78 Å². The van der Waals surface area contributed by atoms with Crippen molar-refractivity contribution in [2.45, 2.75) is 13.5 Å². The average molecular weight is 278 g/mol. The van der Waals surface area contributed by atoms with Crippen LogP contribution in [0.2, 0.25) is 0 Å². The maximum atomic E-state index is 12.1. The van der Waals surface area contributed by atoms with Gasteiger partial charge in [-0.1, -0.05) is 6.07 Å². The zero-order valence-electron chi connectivity index (χ0n) is 11.6. The zero-order valence-corrected chi connectivity index (χ0v) is 11.6. The van der Waals surface area contributed by atoms with E-state index in [1.54, 1.807) is 6.20 Å². The topological polar surface area (TPSA) is 59.8 Å². The van der Waals surface area contributed by atoms with Crippen molar-refractivity contribution in [3.8, 4) is 11.4 Å². The van der Waals surface area contributed by atoms with E-state index >= 15 is 0 Å². The standard InChI is InChI=1S/C16H14N4O/c1-10-9-11(5-6-17-10)15-19-13-4-2-3-12-14(13)20(15)8-7-18-16(12)21/h2-6,9H,7-8H2,1H3,(H,18,21). The third kappa shape index (κ3) is 1.81. The third-order valence-corrected chi connectivity index (χ3v) is 3.79. The first-order valence-electron chi connectivity index (χ1n) is 6.94. The zero-order chi connectivity index (χ0) is 14.4. The van der Waals surface area contributed by atoms with Gasteiger partial charge in [0.2, 0.25) is 0 Å². The Balaban J connectivity index is 2.05. The van der Waals surface area contributed by atoms with Crippen molar-refractivity contribution in [3.05, 3.63) is 47.8 Å². The number of hydrogen-bond donors (Lipinski definition) is 1. The summed E-state index contributed by atoms with van der Waals surface area (Å²) in [5, 5.41) is 2.93. The van der Waals surface area contributed by atoms with E-state index < -0.39 is 0 Å². The van der Waals surface area contributed by atoms with Crippen molar-refractivity contribution in [1.29, 1.82) is 0 Å². The molecule has 1 aliphatic heterocycles. The van der Waals surface area contributed by atoms with E-state index in [1.165, 1.54) is 0 Å². The van der Waals surface area contributed by atoms with Gasteiger partial charge in [0.05, 0.1) is 16.6 Å². The van der Waals surface area contributed by atoms with E-state index in [0.717, 1.165) is 34.7 Å². The molecule has 0 saturated heterocycles. The van der Waals surface area contributed by atoms with Gasteiger partial charge in [-0.15, -0.1) is 0 Å². The first-order valence-corrected chi connectivity index (χ1v) is 6.94. The molecule has 1 N–H and O–H groups in total. The van der Waals surface area contributed by atoms with Crippen LogP contribution in [0, 0.1) is 6.92 Å². The molecule has 3 aromatic rings. The number of nitrogens with one attached hydrogen (secondary N) is 1. The first kappa shape index (κ1) is 12.1. The molecule has 1 aliphatic rings. The van der Waals surface area contributed by atoms with Crippen molar-refractivity contribution in [2.24, 2.45) is 0 Å². The minimum atomic E-state index is -0.0308. The summed E-state index contributed by atoms with van der Waals surface area (Å²) in [6, 6.07) is 9.65. The lowest BCUT2D eigenvalue weighted by molar-refractivity contribution is 0.0956. The average Bonchev–Trinajstić information content (AvgIpc) is 2.77. The Morgan fingerprint density at radius 2 is 2.19 bits per heavy atom. The number of carbonyl (C=O) groups excluding carboxylic acids is 1. The third-order valence-electron chi connectivity index (χ3n) is 3.79. The molecule has 0 aliphatic carbocycles. The lowest BCUT2D eigenvalue weighted by Gasteiger charge is -2.07. The quantitative estimate of drug-likeness (QED) is 0.742. The summed E-state index contributed by atoms with van der Waals surface area (Å²) < 4.78 is 2.12. The molecular formula is C16H14N4O. The van der Waals surface area contributed by atoms with Crippen LogP contribution in [0.25, 0.3) is 22.4 Å². The van der Waals surface area contributed by atoms with Crippen LogP contribution in [-0.2, 0) is 6.54 Å². The number of aromatic nitrogens is 3. The highest BCUT2D eigenvalue weighted by Crippen LogP contribution is 2.28. The molecule has 0 unspecified atom stereocenters. The number of hydrogen-bond acceptors (Lipinski definition) is 3. The van der Waals surface area contributed by atoms with Crippen LogP contribution in [0.15, 0.2) is 36.5 Å². The summed E-state index contributed by atoms with van der Waals surface area (Å²) in [6.07, 6.45) is 1.79. The van der Waals surface area contributed by atoms with Crippen molar-refractivity contribution in [1.82, 2.24) is 19.9 Å².